The van der Waals surface area contributed by atoms with Gasteiger partial charge in [-0.05, 0) is 6.92 Å². The quantitative estimate of drug-likeness (QED) is 0.445. The summed E-state index contributed by atoms with van der Waals surface area (Å²) in [6.07, 6.45) is 0.710. The van der Waals surface area contributed by atoms with E-state index in [1.807, 2.05) is 0 Å². The number of carbonyl (C=O) groups is 2. The molecule has 0 saturated heterocycles. The van der Waals surface area contributed by atoms with E-state index in [1.54, 1.807) is 0 Å². The van der Waals surface area contributed by atoms with Crippen LogP contribution in [0.25, 0.3) is 0 Å². The molecular formula is C7H10O5. The van der Waals surface area contributed by atoms with Gasteiger partial charge in [-0.15, -0.1) is 0 Å². The van der Waals surface area contributed by atoms with Crippen molar-refractivity contribution in [2.75, 3.05) is 6.61 Å². The van der Waals surface area contributed by atoms with E-state index in [0.717, 1.165) is 6.08 Å². The molecule has 0 saturated carbocycles. The maximum Gasteiger partial charge on any atom is 0.331 e. The number of esters is 1. The van der Waals surface area contributed by atoms with Gasteiger partial charge in [0.2, 0.25) is 0 Å². The molecule has 0 spiro atoms. The lowest BCUT2D eigenvalue weighted by Crippen LogP contribution is -2.13. The van der Waals surface area contributed by atoms with Crippen LogP contribution in [0, 0.1) is 0 Å². The van der Waals surface area contributed by atoms with Crippen LogP contribution in [0.5, 0.6) is 0 Å². The van der Waals surface area contributed by atoms with E-state index in [9.17, 15) is 9.59 Å². The van der Waals surface area contributed by atoms with Crippen molar-refractivity contribution < 1.29 is 24.5 Å². The number of aliphatic hydroxyl groups excluding tert-OH is 1. The van der Waals surface area contributed by atoms with Gasteiger partial charge >= 0.3 is 11.9 Å². The monoisotopic (exact) mass is 174 g/mol. The van der Waals surface area contributed by atoms with Gasteiger partial charge in [0.1, 0.15) is 6.61 Å². The van der Waals surface area contributed by atoms with Gasteiger partial charge in [0.05, 0.1) is 6.10 Å². The van der Waals surface area contributed by atoms with Crippen molar-refractivity contribution in [3.05, 3.63) is 12.2 Å². The number of aliphatic carboxylic acids is 1. The van der Waals surface area contributed by atoms with Gasteiger partial charge in [0.25, 0.3) is 0 Å². The van der Waals surface area contributed by atoms with Crippen molar-refractivity contribution in [1.29, 1.82) is 0 Å². The highest BCUT2D eigenvalue weighted by Gasteiger charge is 2.00. The Bertz CT molecular complexity index is 194. The first-order valence-electron chi connectivity index (χ1n) is 3.28. The Morgan fingerprint density at radius 1 is 1.50 bits per heavy atom. The fourth-order valence-electron chi connectivity index (χ4n) is 0.390. The van der Waals surface area contributed by atoms with Gasteiger partial charge in [0.15, 0.2) is 0 Å². The number of hydrogen-bond acceptors (Lipinski definition) is 4. The first-order valence-corrected chi connectivity index (χ1v) is 3.28. The Hall–Kier alpha value is -1.36. The number of carboxylic acid groups (broad SMARTS) is 1. The zero-order chi connectivity index (χ0) is 9.56. The highest BCUT2D eigenvalue weighted by atomic mass is 16.5. The van der Waals surface area contributed by atoms with Crippen LogP contribution in [-0.2, 0) is 14.3 Å². The van der Waals surface area contributed by atoms with Crippen molar-refractivity contribution in [1.82, 2.24) is 0 Å². The number of ether oxygens (including phenoxy) is 1. The van der Waals surface area contributed by atoms with Crippen molar-refractivity contribution >= 4 is 11.9 Å². The van der Waals surface area contributed by atoms with E-state index in [4.69, 9.17) is 10.2 Å². The predicted molar refractivity (Wildman–Crippen MR) is 39.4 cm³/mol. The van der Waals surface area contributed by atoms with Gasteiger partial charge in [-0.1, -0.05) is 0 Å². The molecule has 0 aromatic rings. The average Bonchev–Trinajstić information content (AvgIpc) is 1.96. The predicted octanol–water partition coefficient (Wildman–Crippen LogP) is -0.449. The van der Waals surface area contributed by atoms with Crippen LogP contribution in [-0.4, -0.2) is 34.9 Å². The lowest BCUT2D eigenvalue weighted by molar-refractivity contribution is -0.141. The summed E-state index contributed by atoms with van der Waals surface area (Å²) in [7, 11) is 0. The molecule has 0 radical (unpaired) electrons. The van der Waals surface area contributed by atoms with E-state index in [0.29, 0.717) is 6.08 Å². The molecule has 2 N–H and O–H groups in total. The van der Waals surface area contributed by atoms with Crippen LogP contribution in [0.3, 0.4) is 0 Å². The molecule has 0 aliphatic rings. The third-order valence-corrected chi connectivity index (χ3v) is 0.829. The molecule has 0 aliphatic carbocycles. The topological polar surface area (TPSA) is 83.8 Å². The van der Waals surface area contributed by atoms with Gasteiger partial charge < -0.3 is 14.9 Å². The van der Waals surface area contributed by atoms with Crippen LogP contribution in [0.1, 0.15) is 6.92 Å². The first kappa shape index (κ1) is 10.6. The molecular weight excluding hydrogens is 164 g/mol. The molecule has 0 amide bonds. The summed E-state index contributed by atoms with van der Waals surface area (Å²) in [5.74, 6) is -2.00. The summed E-state index contributed by atoms with van der Waals surface area (Å²) in [5.41, 5.74) is 0. The molecule has 0 rings (SSSR count). The zero-order valence-electron chi connectivity index (χ0n) is 6.56. The number of carboxylic acids is 1. The van der Waals surface area contributed by atoms with E-state index >= 15 is 0 Å². The summed E-state index contributed by atoms with van der Waals surface area (Å²) in [6, 6.07) is 0. The molecule has 1 unspecified atom stereocenters. The van der Waals surface area contributed by atoms with Crippen LogP contribution in [0.15, 0.2) is 12.2 Å². The number of rotatable bonds is 4. The van der Waals surface area contributed by atoms with E-state index in [-0.39, 0.29) is 6.61 Å². The maximum absolute atomic E-state index is 10.6. The second-order valence-electron chi connectivity index (χ2n) is 2.15. The number of aliphatic hydroxyl groups is 1. The second kappa shape index (κ2) is 5.31. The van der Waals surface area contributed by atoms with E-state index in [2.05, 4.69) is 4.74 Å². The second-order valence-corrected chi connectivity index (χ2v) is 2.15. The Labute approximate surface area is 69.3 Å². The van der Waals surface area contributed by atoms with E-state index in [1.165, 1.54) is 6.92 Å². The van der Waals surface area contributed by atoms with Crippen LogP contribution in [0.2, 0.25) is 0 Å². The maximum atomic E-state index is 10.6. The summed E-state index contributed by atoms with van der Waals surface area (Å²) < 4.78 is 4.41. The Morgan fingerprint density at radius 3 is 2.50 bits per heavy atom. The SMILES string of the molecule is CC(O)COC(=O)C=CC(=O)O. The molecule has 0 heterocycles. The highest BCUT2D eigenvalue weighted by Crippen LogP contribution is 1.86. The normalized spacial score (nSPS) is 12.8. The van der Waals surface area contributed by atoms with Crippen LogP contribution in [0.4, 0.5) is 0 Å². The van der Waals surface area contributed by atoms with Gasteiger partial charge in [-0.3, -0.25) is 0 Å². The molecule has 0 aromatic carbocycles. The van der Waals surface area contributed by atoms with Crippen LogP contribution >= 0.6 is 0 Å². The summed E-state index contributed by atoms with van der Waals surface area (Å²) in [6.45, 7) is 1.32. The van der Waals surface area contributed by atoms with Crippen molar-refractivity contribution in [2.24, 2.45) is 0 Å². The standard InChI is InChI=1S/C7H10O5/c1-5(8)4-12-7(11)3-2-6(9)10/h2-3,5,8H,4H2,1H3,(H,9,10). The number of hydrogen-bond donors (Lipinski definition) is 2. The molecule has 0 aromatic heterocycles. The number of carbonyl (C=O) groups excluding carboxylic acids is 1. The molecule has 0 bridgehead atoms. The van der Waals surface area contributed by atoms with Crippen LogP contribution < -0.4 is 0 Å². The third kappa shape index (κ3) is 6.76. The zero-order valence-corrected chi connectivity index (χ0v) is 6.56. The largest absolute Gasteiger partial charge is 0.478 e. The van der Waals surface area contributed by atoms with E-state index < -0.39 is 18.0 Å². The van der Waals surface area contributed by atoms with Gasteiger partial charge in [0, 0.05) is 12.2 Å². The molecule has 5 heteroatoms. The third-order valence-electron chi connectivity index (χ3n) is 0.829. The first-order chi connectivity index (χ1) is 5.52. The average molecular weight is 174 g/mol. The molecule has 1 atom stereocenters. The minimum absolute atomic E-state index is 0.136. The lowest BCUT2D eigenvalue weighted by atomic mass is 10.4. The minimum Gasteiger partial charge on any atom is -0.478 e. The summed E-state index contributed by atoms with van der Waals surface area (Å²) in [4.78, 5) is 20.5. The van der Waals surface area contributed by atoms with Gasteiger partial charge in [-0.2, -0.15) is 0 Å². The molecule has 68 valence electrons. The summed E-state index contributed by atoms with van der Waals surface area (Å²) in [5, 5.41) is 16.8. The van der Waals surface area contributed by atoms with Crippen molar-refractivity contribution in [3.63, 3.8) is 0 Å². The molecule has 0 fully saturated rings. The highest BCUT2D eigenvalue weighted by molar-refractivity contribution is 5.90. The minimum atomic E-state index is -1.22. The Morgan fingerprint density at radius 2 is 2.08 bits per heavy atom. The smallest absolute Gasteiger partial charge is 0.331 e. The Balaban J connectivity index is 3.67. The van der Waals surface area contributed by atoms with Crippen molar-refractivity contribution in [3.8, 4) is 0 Å². The lowest BCUT2D eigenvalue weighted by Gasteiger charge is -2.02. The molecule has 0 aliphatic heterocycles. The van der Waals surface area contributed by atoms with Crippen molar-refractivity contribution in [2.45, 2.75) is 13.0 Å². The summed E-state index contributed by atoms with van der Waals surface area (Å²) >= 11 is 0. The fraction of sp³-hybridized carbons (Fsp3) is 0.429. The molecule has 5 nitrogen and oxygen atoms in total. The Kier molecular flexibility index (Phi) is 4.71. The molecule has 12 heavy (non-hydrogen) atoms. The van der Waals surface area contributed by atoms with Gasteiger partial charge in [-0.25, -0.2) is 9.59 Å². The fourth-order valence-corrected chi connectivity index (χ4v) is 0.390.